The molecule has 0 aromatic rings. The molecule has 0 rings (SSSR count). The zero-order valence-electron chi connectivity index (χ0n) is 30.1. The Morgan fingerprint density at radius 3 is 1.57 bits per heavy atom. The maximum atomic E-state index is 12.6. The Morgan fingerprint density at radius 2 is 1.00 bits per heavy atom. The molecule has 0 fully saturated rings. The summed E-state index contributed by atoms with van der Waals surface area (Å²) in [5.74, 6) is -1.43. The average Bonchev–Trinajstić information content (AvgIpc) is 3.04. The highest BCUT2D eigenvalue weighted by atomic mass is 16.5. The molecule has 0 spiro atoms. The molecule has 6 heteroatoms. The van der Waals surface area contributed by atoms with Gasteiger partial charge in [-0.2, -0.15) is 0 Å². The van der Waals surface area contributed by atoms with Crippen molar-refractivity contribution in [2.45, 2.75) is 206 Å². The van der Waals surface area contributed by atoms with E-state index in [-0.39, 0.29) is 24.9 Å². The summed E-state index contributed by atoms with van der Waals surface area (Å²) in [7, 11) is 0. The van der Waals surface area contributed by atoms with Crippen molar-refractivity contribution in [1.29, 1.82) is 0 Å². The van der Waals surface area contributed by atoms with Crippen LogP contribution in [-0.4, -0.2) is 35.7 Å². The molecule has 0 aromatic heterocycles. The number of hydrogen-bond acceptors (Lipinski definition) is 5. The number of carbonyl (C=O) groups excluding carboxylic acids is 2. The van der Waals surface area contributed by atoms with Crippen LogP contribution >= 0.6 is 0 Å². The lowest BCUT2D eigenvalue weighted by Gasteiger charge is -2.16. The SMILES string of the molecule is CCCCCCCC/C=C\CCCCCCCC(=O)OC(CC=CCCCCCCCCOC(=O)CCC(=O)O)CCCCCC. The number of rotatable bonds is 35. The van der Waals surface area contributed by atoms with E-state index in [0.717, 1.165) is 70.6 Å². The molecule has 0 heterocycles. The van der Waals surface area contributed by atoms with Crippen molar-refractivity contribution >= 4 is 17.9 Å². The van der Waals surface area contributed by atoms with Gasteiger partial charge in [0.05, 0.1) is 19.4 Å². The van der Waals surface area contributed by atoms with Crippen LogP contribution in [0.4, 0.5) is 0 Å². The van der Waals surface area contributed by atoms with Gasteiger partial charge in [0.1, 0.15) is 6.10 Å². The molecule has 0 amide bonds. The van der Waals surface area contributed by atoms with Crippen LogP contribution in [0.15, 0.2) is 24.3 Å². The van der Waals surface area contributed by atoms with Crippen LogP contribution in [0, 0.1) is 0 Å². The van der Waals surface area contributed by atoms with Gasteiger partial charge in [0.2, 0.25) is 0 Å². The van der Waals surface area contributed by atoms with E-state index in [1.54, 1.807) is 0 Å². The molecule has 6 nitrogen and oxygen atoms in total. The van der Waals surface area contributed by atoms with Gasteiger partial charge in [0, 0.05) is 12.8 Å². The first kappa shape index (κ1) is 43.9. The van der Waals surface area contributed by atoms with Crippen molar-refractivity contribution in [3.8, 4) is 0 Å². The third-order valence-electron chi connectivity index (χ3n) is 8.46. The fourth-order valence-corrected chi connectivity index (χ4v) is 5.51. The van der Waals surface area contributed by atoms with Crippen LogP contribution in [0.1, 0.15) is 200 Å². The van der Waals surface area contributed by atoms with Gasteiger partial charge < -0.3 is 14.6 Å². The second-order valence-corrected chi connectivity index (χ2v) is 13.0. The first-order chi connectivity index (χ1) is 22.5. The summed E-state index contributed by atoms with van der Waals surface area (Å²) in [6.45, 7) is 4.87. The first-order valence-electron chi connectivity index (χ1n) is 19.4. The van der Waals surface area contributed by atoms with Gasteiger partial charge in [0.25, 0.3) is 0 Å². The van der Waals surface area contributed by atoms with Crippen molar-refractivity contribution in [2.24, 2.45) is 0 Å². The van der Waals surface area contributed by atoms with Gasteiger partial charge >= 0.3 is 17.9 Å². The molecule has 1 unspecified atom stereocenters. The third kappa shape index (κ3) is 34.8. The minimum absolute atomic E-state index is 0.00182. The zero-order chi connectivity index (χ0) is 33.8. The van der Waals surface area contributed by atoms with E-state index in [0.29, 0.717) is 13.0 Å². The lowest BCUT2D eigenvalue weighted by Crippen LogP contribution is -2.17. The Morgan fingerprint density at radius 1 is 0.522 bits per heavy atom. The van der Waals surface area contributed by atoms with Crippen molar-refractivity contribution in [3.63, 3.8) is 0 Å². The predicted molar refractivity (Wildman–Crippen MR) is 192 cm³/mol. The largest absolute Gasteiger partial charge is 0.481 e. The summed E-state index contributed by atoms with van der Waals surface area (Å²) in [6.07, 6.45) is 39.9. The minimum atomic E-state index is -0.975. The van der Waals surface area contributed by atoms with E-state index in [2.05, 4.69) is 38.2 Å². The molecule has 0 aromatic carbocycles. The molecule has 268 valence electrons. The number of unbranched alkanes of at least 4 members (excludes halogenated alkanes) is 20. The molecule has 46 heavy (non-hydrogen) atoms. The summed E-state index contributed by atoms with van der Waals surface area (Å²) >= 11 is 0. The molecule has 0 aliphatic heterocycles. The van der Waals surface area contributed by atoms with E-state index in [4.69, 9.17) is 14.6 Å². The van der Waals surface area contributed by atoms with Crippen molar-refractivity contribution in [1.82, 2.24) is 0 Å². The number of allylic oxidation sites excluding steroid dienone is 3. The van der Waals surface area contributed by atoms with E-state index >= 15 is 0 Å². The summed E-state index contributed by atoms with van der Waals surface area (Å²) in [5.41, 5.74) is 0. The number of ether oxygens (including phenoxy) is 2. The van der Waals surface area contributed by atoms with Crippen LogP contribution in [0.5, 0.6) is 0 Å². The van der Waals surface area contributed by atoms with Crippen LogP contribution in [0.25, 0.3) is 0 Å². The number of esters is 2. The van der Waals surface area contributed by atoms with E-state index in [1.165, 1.54) is 96.3 Å². The van der Waals surface area contributed by atoms with Crippen molar-refractivity contribution < 1.29 is 29.0 Å². The molecule has 0 radical (unpaired) electrons. The van der Waals surface area contributed by atoms with Gasteiger partial charge in [-0.25, -0.2) is 0 Å². The maximum Gasteiger partial charge on any atom is 0.306 e. The number of carboxylic acids is 1. The van der Waals surface area contributed by atoms with Gasteiger partial charge in [-0.15, -0.1) is 0 Å². The highest BCUT2D eigenvalue weighted by Crippen LogP contribution is 2.16. The first-order valence-corrected chi connectivity index (χ1v) is 19.4. The van der Waals surface area contributed by atoms with E-state index < -0.39 is 11.9 Å². The number of carboxylic acid groups (broad SMARTS) is 1. The quantitative estimate of drug-likeness (QED) is 0.0418. The molecular formula is C40H72O6. The molecular weight excluding hydrogens is 576 g/mol. The Kier molecular flexibility index (Phi) is 34.1. The normalized spacial score (nSPS) is 12.2. The number of hydrogen-bond donors (Lipinski definition) is 1. The van der Waals surface area contributed by atoms with E-state index in [1.807, 2.05) is 0 Å². The van der Waals surface area contributed by atoms with Crippen molar-refractivity contribution in [2.75, 3.05) is 6.61 Å². The maximum absolute atomic E-state index is 12.6. The molecule has 0 saturated heterocycles. The van der Waals surface area contributed by atoms with Crippen LogP contribution in [0.3, 0.4) is 0 Å². The fourth-order valence-electron chi connectivity index (χ4n) is 5.51. The summed E-state index contributed by atoms with van der Waals surface area (Å²) < 4.78 is 11.0. The Labute approximate surface area is 283 Å². The molecule has 0 bridgehead atoms. The van der Waals surface area contributed by atoms with Crippen LogP contribution in [-0.2, 0) is 23.9 Å². The predicted octanol–water partition coefficient (Wildman–Crippen LogP) is 12.0. The van der Waals surface area contributed by atoms with Crippen LogP contribution < -0.4 is 0 Å². The Balaban J connectivity index is 3.91. The van der Waals surface area contributed by atoms with Gasteiger partial charge in [0.15, 0.2) is 0 Å². The summed E-state index contributed by atoms with van der Waals surface area (Å²) in [4.78, 5) is 34.4. The smallest absolute Gasteiger partial charge is 0.306 e. The molecule has 1 atom stereocenters. The number of aliphatic carboxylic acids is 1. The zero-order valence-corrected chi connectivity index (χ0v) is 30.1. The summed E-state index contributed by atoms with van der Waals surface area (Å²) in [5, 5.41) is 8.58. The lowest BCUT2D eigenvalue weighted by atomic mass is 10.1. The van der Waals surface area contributed by atoms with Crippen molar-refractivity contribution in [3.05, 3.63) is 24.3 Å². The molecule has 0 aliphatic carbocycles. The molecule has 0 aliphatic rings. The highest BCUT2D eigenvalue weighted by molar-refractivity contribution is 5.76. The third-order valence-corrected chi connectivity index (χ3v) is 8.46. The molecule has 0 saturated carbocycles. The highest BCUT2D eigenvalue weighted by Gasteiger charge is 2.13. The Bertz CT molecular complexity index is 759. The van der Waals surface area contributed by atoms with Gasteiger partial charge in [-0.3, -0.25) is 14.4 Å². The van der Waals surface area contributed by atoms with Crippen LogP contribution in [0.2, 0.25) is 0 Å². The average molecular weight is 649 g/mol. The van der Waals surface area contributed by atoms with Gasteiger partial charge in [-0.1, -0.05) is 134 Å². The summed E-state index contributed by atoms with van der Waals surface area (Å²) in [6, 6.07) is 0. The number of carbonyl (C=O) groups is 3. The van der Waals surface area contributed by atoms with Gasteiger partial charge in [-0.05, 0) is 64.2 Å². The minimum Gasteiger partial charge on any atom is -0.481 e. The second kappa shape index (κ2) is 35.7. The molecule has 1 N–H and O–H groups in total. The fraction of sp³-hybridized carbons (Fsp3) is 0.825. The standard InChI is InChI=1S/C40H72O6/c1-3-5-7-9-10-11-12-13-14-15-16-19-22-25-29-33-40(44)46-37(31-27-8-6-4-2)32-28-24-21-18-17-20-23-26-30-36-45-39(43)35-34-38(41)42/h13-14,24,28,37H,3-12,15-23,25-27,29-36H2,1-2H3,(H,41,42)/b14-13-,28-24?. The Hall–Kier alpha value is -2.11. The second-order valence-electron chi connectivity index (χ2n) is 13.0. The monoisotopic (exact) mass is 649 g/mol. The lowest BCUT2D eigenvalue weighted by molar-refractivity contribution is -0.149. The van der Waals surface area contributed by atoms with E-state index in [9.17, 15) is 14.4 Å². The topological polar surface area (TPSA) is 89.9 Å².